The normalized spacial score (nSPS) is 11.4. The number of fused-ring (bicyclic) bond motifs is 1. The molecule has 132 valence electrons. The van der Waals surface area contributed by atoms with Crippen LogP contribution in [0.5, 0.6) is 0 Å². The second-order valence-corrected chi connectivity index (χ2v) is 6.44. The van der Waals surface area contributed by atoms with E-state index in [1.807, 2.05) is 45.2 Å². The minimum absolute atomic E-state index is 0.0649. The Morgan fingerprint density at radius 2 is 2.08 bits per heavy atom. The van der Waals surface area contributed by atoms with Crippen LogP contribution in [0.3, 0.4) is 0 Å². The lowest BCUT2D eigenvalue weighted by molar-refractivity contribution is -0.121. The minimum atomic E-state index is 0.0649. The smallest absolute Gasteiger partial charge is 0.220 e. The number of nitrogens with zero attached hydrogens (tertiary/aromatic N) is 3. The van der Waals surface area contributed by atoms with Crippen LogP contribution >= 0.6 is 0 Å². The van der Waals surface area contributed by atoms with Crippen LogP contribution in [0.1, 0.15) is 49.3 Å². The summed E-state index contributed by atoms with van der Waals surface area (Å²) in [6.45, 7) is 11.3. The summed E-state index contributed by atoms with van der Waals surface area (Å²) in [6.07, 6.45) is 2.20. The van der Waals surface area contributed by atoms with Crippen molar-refractivity contribution in [3.8, 4) is 0 Å². The first-order valence-electron chi connectivity index (χ1n) is 8.59. The monoisotopic (exact) mass is 332 g/mol. The van der Waals surface area contributed by atoms with E-state index in [-0.39, 0.29) is 12.0 Å². The van der Waals surface area contributed by atoms with Crippen molar-refractivity contribution in [1.82, 2.24) is 19.9 Å². The average Bonchev–Trinajstić information content (AvgIpc) is 2.87. The third-order valence-corrected chi connectivity index (χ3v) is 3.98. The van der Waals surface area contributed by atoms with Gasteiger partial charge in [0.25, 0.3) is 0 Å². The van der Waals surface area contributed by atoms with Gasteiger partial charge in [0.05, 0.1) is 11.8 Å². The fraction of sp³-hybridized carbons (Fsp3) is 0.611. The predicted octanol–water partition coefficient (Wildman–Crippen LogP) is 2.52. The zero-order valence-electron chi connectivity index (χ0n) is 15.3. The third kappa shape index (κ3) is 4.77. The Morgan fingerprint density at radius 3 is 2.79 bits per heavy atom. The van der Waals surface area contributed by atoms with Crippen molar-refractivity contribution in [2.45, 2.75) is 60.0 Å². The molecule has 1 amide bonds. The summed E-state index contributed by atoms with van der Waals surface area (Å²) in [5.74, 6) is 0.0649. The molecule has 1 N–H and O–H groups in total. The molecular weight excluding hydrogens is 304 g/mol. The molecule has 6 nitrogen and oxygen atoms in total. The summed E-state index contributed by atoms with van der Waals surface area (Å²) in [5.41, 5.74) is 4.94. The second kappa shape index (κ2) is 8.24. The van der Waals surface area contributed by atoms with Crippen molar-refractivity contribution in [3.05, 3.63) is 28.7 Å². The maximum Gasteiger partial charge on any atom is 0.220 e. The zero-order chi connectivity index (χ0) is 17.7. The molecule has 0 aromatic carbocycles. The maximum absolute atomic E-state index is 12.0. The van der Waals surface area contributed by atoms with Crippen molar-refractivity contribution in [2.24, 2.45) is 0 Å². The van der Waals surface area contributed by atoms with Crippen LogP contribution in [-0.2, 0) is 16.0 Å². The first-order chi connectivity index (χ1) is 11.4. The SMILES string of the molecule is Cc1cc2nc(C)c(CCC(=O)NCCCOC(C)C)c(C)n2n1. The highest BCUT2D eigenvalue weighted by Gasteiger charge is 2.12. The third-order valence-electron chi connectivity index (χ3n) is 3.98. The number of aryl methyl sites for hydroxylation is 3. The van der Waals surface area contributed by atoms with E-state index < -0.39 is 0 Å². The average molecular weight is 332 g/mol. The molecule has 0 unspecified atom stereocenters. The Balaban J connectivity index is 1.87. The molecule has 0 atom stereocenters. The maximum atomic E-state index is 12.0. The molecule has 2 rings (SSSR count). The van der Waals surface area contributed by atoms with Gasteiger partial charge in [-0.1, -0.05) is 0 Å². The highest BCUT2D eigenvalue weighted by atomic mass is 16.5. The first kappa shape index (κ1) is 18.4. The summed E-state index contributed by atoms with van der Waals surface area (Å²) in [4.78, 5) is 16.6. The number of carbonyl (C=O) groups excluding carboxylic acids is 1. The van der Waals surface area contributed by atoms with E-state index >= 15 is 0 Å². The van der Waals surface area contributed by atoms with Gasteiger partial charge < -0.3 is 10.1 Å². The van der Waals surface area contributed by atoms with E-state index in [1.54, 1.807) is 0 Å². The van der Waals surface area contributed by atoms with Crippen molar-refractivity contribution in [3.63, 3.8) is 0 Å². The van der Waals surface area contributed by atoms with Gasteiger partial charge in [0.1, 0.15) is 0 Å². The van der Waals surface area contributed by atoms with E-state index in [0.717, 1.165) is 34.7 Å². The van der Waals surface area contributed by atoms with Crippen LogP contribution < -0.4 is 5.32 Å². The van der Waals surface area contributed by atoms with E-state index in [1.165, 1.54) is 0 Å². The lowest BCUT2D eigenvalue weighted by atomic mass is 10.1. The first-order valence-corrected chi connectivity index (χ1v) is 8.59. The molecule has 0 saturated carbocycles. The lowest BCUT2D eigenvalue weighted by Gasteiger charge is -2.11. The Kier molecular flexibility index (Phi) is 6.31. The molecular formula is C18H28N4O2. The summed E-state index contributed by atoms with van der Waals surface area (Å²) < 4.78 is 7.32. The van der Waals surface area contributed by atoms with Crippen LogP contribution in [0.25, 0.3) is 5.65 Å². The summed E-state index contributed by atoms with van der Waals surface area (Å²) in [7, 11) is 0. The number of hydrogen-bond acceptors (Lipinski definition) is 4. The molecule has 2 aromatic heterocycles. The molecule has 0 saturated heterocycles. The van der Waals surface area contributed by atoms with E-state index in [0.29, 0.717) is 26.0 Å². The van der Waals surface area contributed by atoms with Crippen LogP contribution in [0.4, 0.5) is 0 Å². The predicted molar refractivity (Wildman–Crippen MR) is 94.2 cm³/mol. The molecule has 2 heterocycles. The van der Waals surface area contributed by atoms with Crippen LogP contribution in [0, 0.1) is 20.8 Å². The molecule has 0 aliphatic heterocycles. The number of amides is 1. The lowest BCUT2D eigenvalue weighted by Crippen LogP contribution is -2.26. The van der Waals surface area contributed by atoms with Crippen LogP contribution in [-0.4, -0.2) is 39.8 Å². The quantitative estimate of drug-likeness (QED) is 0.754. The van der Waals surface area contributed by atoms with E-state index in [2.05, 4.69) is 15.4 Å². The molecule has 0 aliphatic rings. The highest BCUT2D eigenvalue weighted by Crippen LogP contribution is 2.16. The van der Waals surface area contributed by atoms with Gasteiger partial charge in [-0.15, -0.1) is 0 Å². The largest absolute Gasteiger partial charge is 0.379 e. The topological polar surface area (TPSA) is 68.5 Å². The number of ether oxygens (including phenoxy) is 1. The molecule has 0 radical (unpaired) electrons. The highest BCUT2D eigenvalue weighted by molar-refractivity contribution is 5.76. The molecule has 6 heteroatoms. The van der Waals surface area contributed by atoms with Gasteiger partial charge in [-0.05, 0) is 53.0 Å². The Bertz CT molecular complexity index is 707. The number of nitrogens with one attached hydrogen (secondary N) is 1. The standard InChI is InChI=1S/C18H28N4O2/c1-12(2)24-10-6-9-19-18(23)8-7-16-14(4)20-17-11-13(3)21-22(17)15(16)5/h11-12H,6-10H2,1-5H3,(H,19,23). The van der Waals surface area contributed by atoms with E-state index in [4.69, 9.17) is 4.74 Å². The molecule has 0 fully saturated rings. The summed E-state index contributed by atoms with van der Waals surface area (Å²) >= 11 is 0. The van der Waals surface area contributed by atoms with Crippen molar-refractivity contribution >= 4 is 11.6 Å². The van der Waals surface area contributed by atoms with Crippen molar-refractivity contribution in [2.75, 3.05) is 13.2 Å². The Morgan fingerprint density at radius 1 is 1.33 bits per heavy atom. The Hall–Kier alpha value is -1.95. The van der Waals surface area contributed by atoms with Crippen molar-refractivity contribution < 1.29 is 9.53 Å². The van der Waals surface area contributed by atoms with Gasteiger partial charge in [0.2, 0.25) is 5.91 Å². The molecule has 0 aliphatic carbocycles. The van der Waals surface area contributed by atoms with Gasteiger partial charge >= 0.3 is 0 Å². The van der Waals surface area contributed by atoms with Crippen molar-refractivity contribution in [1.29, 1.82) is 0 Å². The van der Waals surface area contributed by atoms with Gasteiger partial charge in [-0.3, -0.25) is 4.79 Å². The van der Waals surface area contributed by atoms with Gasteiger partial charge in [-0.2, -0.15) is 5.10 Å². The number of rotatable bonds is 8. The Labute approximate surface area is 143 Å². The molecule has 0 bridgehead atoms. The number of carbonyl (C=O) groups is 1. The van der Waals surface area contributed by atoms with Gasteiger partial charge in [0.15, 0.2) is 5.65 Å². The van der Waals surface area contributed by atoms with Gasteiger partial charge in [-0.25, -0.2) is 9.50 Å². The fourth-order valence-electron chi connectivity index (χ4n) is 2.75. The minimum Gasteiger partial charge on any atom is -0.379 e. The van der Waals surface area contributed by atoms with Crippen LogP contribution in [0.2, 0.25) is 0 Å². The number of hydrogen-bond donors (Lipinski definition) is 1. The second-order valence-electron chi connectivity index (χ2n) is 6.44. The molecule has 0 spiro atoms. The molecule has 2 aromatic rings. The zero-order valence-corrected chi connectivity index (χ0v) is 15.3. The fourth-order valence-corrected chi connectivity index (χ4v) is 2.75. The summed E-state index contributed by atoms with van der Waals surface area (Å²) in [5, 5.41) is 7.41. The van der Waals surface area contributed by atoms with Gasteiger partial charge in [0, 0.05) is 37.0 Å². The van der Waals surface area contributed by atoms with E-state index in [9.17, 15) is 4.79 Å². The summed E-state index contributed by atoms with van der Waals surface area (Å²) in [6, 6.07) is 1.97. The number of aromatic nitrogens is 3. The molecule has 24 heavy (non-hydrogen) atoms. The van der Waals surface area contributed by atoms with Crippen LogP contribution in [0.15, 0.2) is 6.07 Å².